The second kappa shape index (κ2) is 52.1. The molecule has 712 valence electrons. The number of ketones is 2. The standard InChI is InChI=1S/C20H25BO3.C19H21BO5.C18H19BO4.C17H18BN3O3.C15H16B2O4.C15H14BN3O3/c1-21(22)18-8-6-14(7-9-18)15-4-5-16(10-15)17-11-19(23-2)13-20(12-17)24-3;1-20(22)15-7-5-6-14(12-15)16(21)9-8-13-10-17(23-2)19(25-4)18(11-13)24-3;1-19(21)15-6-4-5-14(11-15)18(20)8-7-13-9-16(22-2)12-17(10-13)23-3;1-18(22)13-6-4-12(5-7-13)17-11-21(20-19-17)14-8-15(23-2)10-16(9-14)24-3;1-11-2-4-12(5-3-11)6-7-13-8-14(16(18)19)10-15(9-13)17(20)21;1-16(22)11-4-2-10(3-5-11)15-9-19(18-17-15)12-6-13(20)8-14(21)7-12/h6-9,11-13,15-16,22H,4-5,10H2,1-3H3;5-12,22H,1-4H3;4-12,21H,1-3H3;4-11,22H,1-3H3;2-10,18-21H,1H3;2-9,20-22H,1H3/b;9-8+;8-7+;;7-6+;. The summed E-state index contributed by atoms with van der Waals surface area (Å²) >= 11 is 0. The van der Waals surface area contributed by atoms with Crippen LogP contribution < -0.4 is 80.9 Å². The number of phenolic OH excluding ortho intramolecular Hbond substituents is 2. The van der Waals surface area contributed by atoms with Crippen molar-refractivity contribution in [3.05, 3.63) is 323 Å². The summed E-state index contributed by atoms with van der Waals surface area (Å²) in [7, 11) is 11.1. The third kappa shape index (κ3) is 31.2. The molecule has 1 aliphatic carbocycles. The smallest absolute Gasteiger partial charge is 0.488 e. The van der Waals surface area contributed by atoms with E-state index in [1.54, 1.807) is 191 Å². The van der Waals surface area contributed by atoms with Gasteiger partial charge in [0.05, 0.1) is 87.8 Å². The Bertz CT molecular complexity index is 6320. The molecule has 12 aromatic carbocycles. The lowest BCUT2D eigenvalue weighted by Crippen LogP contribution is -2.38. The van der Waals surface area contributed by atoms with Gasteiger partial charge in [0, 0.05) is 70.8 Å². The van der Waals surface area contributed by atoms with Crippen LogP contribution in [0.25, 0.3) is 58.2 Å². The van der Waals surface area contributed by atoms with Gasteiger partial charge in [-0.2, -0.15) is 0 Å². The van der Waals surface area contributed by atoms with Gasteiger partial charge in [-0.25, -0.2) is 9.36 Å². The van der Waals surface area contributed by atoms with Crippen LogP contribution in [0, 0.1) is 6.92 Å². The van der Waals surface area contributed by atoms with Crippen LogP contribution in [0.15, 0.2) is 273 Å². The lowest BCUT2D eigenvalue weighted by atomic mass is 9.64. The molecule has 14 aromatic rings. The van der Waals surface area contributed by atoms with Crippen LogP contribution in [0.1, 0.15) is 90.8 Å². The number of aromatic nitrogens is 6. The summed E-state index contributed by atoms with van der Waals surface area (Å²) in [5, 5.41) is 120. The number of hydrogen-bond acceptors (Lipinski definition) is 26. The van der Waals surface area contributed by atoms with Gasteiger partial charge in [-0.3, -0.25) is 9.59 Å². The topological polar surface area (TPSA) is 401 Å². The van der Waals surface area contributed by atoms with Gasteiger partial charge in [-0.15, -0.1) is 10.2 Å². The van der Waals surface area contributed by atoms with Crippen LogP contribution >= 0.6 is 0 Å². The molecule has 2 aromatic heterocycles. The molecule has 0 bridgehead atoms. The summed E-state index contributed by atoms with van der Waals surface area (Å²) in [5.74, 6) is 6.67. The van der Waals surface area contributed by atoms with E-state index >= 15 is 0 Å². The summed E-state index contributed by atoms with van der Waals surface area (Å²) in [6, 6.07) is 74.6. The summed E-state index contributed by atoms with van der Waals surface area (Å²) in [6.07, 6.45) is 17.1. The molecular formula is C104H113B7N6O22. The lowest BCUT2D eigenvalue weighted by molar-refractivity contribution is 0.104. The minimum absolute atomic E-state index is 0.0478. The van der Waals surface area contributed by atoms with E-state index < -0.39 is 48.8 Å². The molecule has 15 rings (SSSR count). The first-order valence-electron chi connectivity index (χ1n) is 44.6. The average molecular weight is 1870 g/mol. The number of aromatic hydroxyl groups is 2. The van der Waals surface area contributed by atoms with Crippen molar-refractivity contribution in [3.8, 4) is 97.1 Å². The Morgan fingerprint density at radius 1 is 0.338 bits per heavy atom. The van der Waals surface area contributed by atoms with E-state index in [1.807, 2.05) is 134 Å². The first-order chi connectivity index (χ1) is 66.7. The number of nitrogens with zero attached hydrogens (tertiary/aromatic N) is 6. The van der Waals surface area contributed by atoms with Gasteiger partial charge in [-0.1, -0.05) is 238 Å². The van der Waals surface area contributed by atoms with Crippen molar-refractivity contribution in [1.82, 2.24) is 30.0 Å². The van der Waals surface area contributed by atoms with E-state index in [9.17, 15) is 65.0 Å². The second-order valence-corrected chi connectivity index (χ2v) is 32.7. The number of hydrogen-bond donors (Lipinski definition) is 11. The van der Waals surface area contributed by atoms with E-state index in [0.717, 1.165) is 73.5 Å². The third-order valence-electron chi connectivity index (χ3n) is 22.6. The summed E-state index contributed by atoms with van der Waals surface area (Å²) < 4.78 is 50.8. The molecule has 0 amide bonds. The molecule has 2 heterocycles. The Morgan fingerprint density at radius 3 is 1.08 bits per heavy atom. The molecule has 0 radical (unpaired) electrons. The largest absolute Gasteiger partial charge is 0.508 e. The van der Waals surface area contributed by atoms with Gasteiger partial charge in [0.2, 0.25) is 5.75 Å². The zero-order chi connectivity index (χ0) is 101. The van der Waals surface area contributed by atoms with Gasteiger partial charge in [0.1, 0.15) is 57.4 Å². The van der Waals surface area contributed by atoms with Crippen molar-refractivity contribution in [2.45, 2.75) is 72.1 Å². The number of carbonyl (C=O) groups excluding carboxylic acids is 2. The maximum absolute atomic E-state index is 12.4. The fraction of sp³-hybridized carbons (Fsp3) is 0.192. The van der Waals surface area contributed by atoms with Gasteiger partial charge in [-0.05, 0) is 158 Å². The highest BCUT2D eigenvalue weighted by molar-refractivity contribution is 6.66. The Hall–Kier alpha value is -14.6. The maximum Gasteiger partial charge on any atom is 0.488 e. The number of phenols is 2. The zero-order valence-corrected chi connectivity index (χ0v) is 80.2. The quantitative estimate of drug-likeness (QED) is 0.00862. The monoisotopic (exact) mass is 1870 g/mol. The van der Waals surface area contributed by atoms with Crippen molar-refractivity contribution in [2.75, 3.05) is 64.0 Å². The Morgan fingerprint density at radius 2 is 0.698 bits per heavy atom. The van der Waals surface area contributed by atoms with E-state index in [-0.39, 0.29) is 34.0 Å². The minimum atomic E-state index is -1.66. The van der Waals surface area contributed by atoms with Crippen molar-refractivity contribution in [2.24, 2.45) is 0 Å². The number of ether oxygens (including phenoxy) is 9. The maximum atomic E-state index is 12.4. The summed E-state index contributed by atoms with van der Waals surface area (Å²) in [5.41, 5.74) is 17.1. The number of carbonyl (C=O) groups is 2. The molecule has 28 nitrogen and oxygen atoms in total. The molecule has 1 fully saturated rings. The predicted molar refractivity (Wildman–Crippen MR) is 554 cm³/mol. The van der Waals surface area contributed by atoms with E-state index in [4.69, 9.17) is 42.6 Å². The third-order valence-corrected chi connectivity index (χ3v) is 22.6. The predicted octanol–water partition coefficient (Wildman–Crippen LogP) is 10.9. The molecule has 2 unspecified atom stereocenters. The highest BCUT2D eigenvalue weighted by Gasteiger charge is 2.29. The van der Waals surface area contributed by atoms with Crippen LogP contribution in [0.2, 0.25) is 34.1 Å². The molecule has 1 aliphatic rings. The van der Waals surface area contributed by atoms with Crippen molar-refractivity contribution in [1.29, 1.82) is 0 Å². The molecule has 1 saturated carbocycles. The first kappa shape index (κ1) is 106. The zero-order valence-electron chi connectivity index (χ0n) is 80.2. The fourth-order valence-electron chi connectivity index (χ4n) is 14.8. The van der Waals surface area contributed by atoms with Crippen LogP contribution in [-0.4, -0.2) is 210 Å². The highest BCUT2D eigenvalue weighted by Crippen LogP contribution is 2.45. The highest BCUT2D eigenvalue weighted by atomic mass is 16.5. The first-order valence-corrected chi connectivity index (χ1v) is 44.6. The number of aryl methyl sites for hydroxylation is 1. The Labute approximate surface area is 812 Å². The normalized spacial score (nSPS) is 12.3. The number of allylic oxidation sites excluding steroid dienone is 2. The van der Waals surface area contributed by atoms with E-state index in [1.165, 1.54) is 92.0 Å². The van der Waals surface area contributed by atoms with Crippen LogP contribution in [0.3, 0.4) is 0 Å². The van der Waals surface area contributed by atoms with Gasteiger partial charge < -0.3 is 98.1 Å². The molecular weight excluding hydrogens is 1760 g/mol. The van der Waals surface area contributed by atoms with Gasteiger partial charge in [0.25, 0.3) is 0 Å². The summed E-state index contributed by atoms with van der Waals surface area (Å²) in [4.78, 5) is 24.6. The lowest BCUT2D eigenvalue weighted by Gasteiger charge is -2.15. The molecule has 2 atom stereocenters. The number of benzene rings is 12. The van der Waals surface area contributed by atoms with Gasteiger partial charge in [0.15, 0.2) is 23.1 Å². The molecule has 0 spiro atoms. The molecule has 0 aliphatic heterocycles. The van der Waals surface area contributed by atoms with Crippen LogP contribution in [0.5, 0.6) is 63.2 Å². The SMILES string of the molecule is CB(O)c1ccc(-c2cn(-c3cc(O)cc(O)c3)nn2)cc1.COc1cc(/C=C/C(=O)c2cccc(B(C)O)c2)cc(OC)c1.COc1cc(/C=C/C(=O)c2cccc(B(C)O)c2)cc(OC)c1OC.COc1cc(OC)cc(-n2cc(-c3ccc(B(C)O)cc3)nn2)c1.COc1cc(OC)cc(C2CCC(c3ccc(B(C)O)cc3)C2)c1.Cc1ccc(/C=C/c2cc(B(O)O)cc(B(O)O)c2)cc1. The van der Waals surface area contributed by atoms with Crippen LogP contribution in [-0.2, 0) is 0 Å². The van der Waals surface area contributed by atoms with Crippen molar-refractivity contribution >= 4 is 123 Å². The number of methoxy groups -OCH3 is 9. The second-order valence-electron chi connectivity index (χ2n) is 32.7. The molecule has 139 heavy (non-hydrogen) atoms. The van der Waals surface area contributed by atoms with E-state index in [2.05, 4.69) is 44.9 Å². The fourth-order valence-corrected chi connectivity index (χ4v) is 14.8. The van der Waals surface area contributed by atoms with E-state index in [0.29, 0.717) is 91.1 Å². The molecule has 35 heteroatoms. The van der Waals surface area contributed by atoms with Crippen molar-refractivity contribution < 1.29 is 108 Å². The Balaban J connectivity index is 0.000000172. The molecule has 11 N–H and O–H groups in total. The summed E-state index contributed by atoms with van der Waals surface area (Å²) in [6.45, 7) is 7.96. The Kier molecular flexibility index (Phi) is 39.9. The minimum Gasteiger partial charge on any atom is -0.508 e. The van der Waals surface area contributed by atoms with Crippen LogP contribution in [0.4, 0.5) is 0 Å². The average Bonchev–Trinajstić information content (AvgIpc) is 1.82. The van der Waals surface area contributed by atoms with Gasteiger partial charge >= 0.3 is 48.8 Å². The van der Waals surface area contributed by atoms with Crippen molar-refractivity contribution in [3.63, 3.8) is 0 Å². The molecule has 0 saturated heterocycles. The number of rotatable bonds is 30.